The minimum absolute atomic E-state index is 0.0562. The van der Waals surface area contributed by atoms with Gasteiger partial charge in [0.15, 0.2) is 17.3 Å². The summed E-state index contributed by atoms with van der Waals surface area (Å²) in [7, 11) is 0. The second-order valence-corrected chi connectivity index (χ2v) is 9.24. The highest BCUT2D eigenvalue weighted by molar-refractivity contribution is 5.98. The molecule has 2 aliphatic heterocycles. The van der Waals surface area contributed by atoms with Gasteiger partial charge in [0.2, 0.25) is 5.91 Å². The molecule has 3 heterocycles. The van der Waals surface area contributed by atoms with E-state index >= 15 is 0 Å². The third kappa shape index (κ3) is 4.78. The monoisotopic (exact) mass is 507 g/mol. The first-order valence-corrected chi connectivity index (χ1v) is 12.2. The number of nitrogens with zero attached hydrogens (tertiary/aromatic N) is 3. The summed E-state index contributed by atoms with van der Waals surface area (Å²) in [4.78, 5) is 26.3. The summed E-state index contributed by atoms with van der Waals surface area (Å²) in [5, 5.41) is 8.12. The van der Waals surface area contributed by atoms with Gasteiger partial charge in [-0.3, -0.25) is 9.59 Å². The van der Waals surface area contributed by atoms with E-state index in [-0.39, 0.29) is 23.3 Å². The molecule has 5 rings (SSSR count). The second kappa shape index (κ2) is 10.0. The van der Waals surface area contributed by atoms with E-state index in [1.807, 2.05) is 0 Å². The highest BCUT2D eigenvalue weighted by Gasteiger charge is 2.36. The quantitative estimate of drug-likeness (QED) is 0.483. The van der Waals surface area contributed by atoms with Gasteiger partial charge in [-0.15, -0.1) is 0 Å². The number of nitrogens with two attached hydrogens (primary N) is 1. The van der Waals surface area contributed by atoms with Crippen LogP contribution >= 0.6 is 0 Å². The Morgan fingerprint density at radius 1 is 1.11 bits per heavy atom. The van der Waals surface area contributed by atoms with E-state index in [0.717, 1.165) is 37.1 Å². The number of nitrogens with one attached hydrogen (secondary N) is 1. The van der Waals surface area contributed by atoms with E-state index in [2.05, 4.69) is 11.9 Å². The molecular weight excluding hydrogens is 480 g/mol. The molecule has 10 heteroatoms. The zero-order valence-electron chi connectivity index (χ0n) is 20.1. The molecule has 0 radical (unpaired) electrons. The van der Waals surface area contributed by atoms with Crippen LogP contribution in [0, 0.1) is 17.6 Å². The van der Waals surface area contributed by atoms with Crippen LogP contribution in [0.5, 0.6) is 11.5 Å². The smallest absolute Gasteiger partial charge is 0.269 e. The van der Waals surface area contributed by atoms with Crippen LogP contribution < -0.4 is 15.8 Å². The average Bonchev–Trinajstić information content (AvgIpc) is 3.30. The highest BCUT2D eigenvalue weighted by Crippen LogP contribution is 2.42. The van der Waals surface area contributed by atoms with Gasteiger partial charge in [-0.25, -0.2) is 13.5 Å². The number of amides is 2. The molecule has 1 aromatic heterocycles. The molecule has 3 aromatic rings. The molecule has 0 aliphatic carbocycles. The van der Waals surface area contributed by atoms with Crippen LogP contribution in [0.15, 0.2) is 55.1 Å². The number of piperidine rings is 1. The number of benzene rings is 2. The maximum atomic E-state index is 14.0. The lowest BCUT2D eigenvalue weighted by Crippen LogP contribution is -2.39. The van der Waals surface area contributed by atoms with Crippen LogP contribution in [-0.2, 0) is 4.79 Å². The number of carbonyl (C=O) groups is 2. The minimum atomic E-state index is -0.809. The van der Waals surface area contributed by atoms with Gasteiger partial charge in [0.1, 0.15) is 11.6 Å². The molecule has 1 saturated heterocycles. The summed E-state index contributed by atoms with van der Waals surface area (Å²) in [6, 6.07) is 9.69. The molecule has 0 bridgehead atoms. The number of aromatic nitrogens is 2. The lowest BCUT2D eigenvalue weighted by atomic mass is 9.78. The van der Waals surface area contributed by atoms with E-state index in [9.17, 15) is 18.4 Å². The Morgan fingerprint density at radius 2 is 1.84 bits per heavy atom. The summed E-state index contributed by atoms with van der Waals surface area (Å²) < 4.78 is 34.2. The molecular formula is C27H27F2N5O3. The summed E-state index contributed by atoms with van der Waals surface area (Å²) in [5.41, 5.74) is 8.06. The van der Waals surface area contributed by atoms with Gasteiger partial charge in [0.05, 0.1) is 17.1 Å². The number of rotatable bonds is 6. The first-order valence-electron chi connectivity index (χ1n) is 12.2. The number of hydrogen-bond acceptors (Lipinski definition) is 5. The Hall–Kier alpha value is -4.21. The number of halogens is 2. The molecule has 3 N–H and O–H groups in total. The molecule has 2 aromatic carbocycles. The van der Waals surface area contributed by atoms with Crippen LogP contribution in [0.25, 0.3) is 5.69 Å². The van der Waals surface area contributed by atoms with Crippen molar-refractivity contribution in [3.63, 3.8) is 0 Å². The van der Waals surface area contributed by atoms with Gasteiger partial charge in [0, 0.05) is 31.6 Å². The molecule has 8 nitrogen and oxygen atoms in total. The van der Waals surface area contributed by atoms with Crippen molar-refractivity contribution in [2.75, 3.05) is 25.0 Å². The minimum Gasteiger partial charge on any atom is -0.454 e. The third-order valence-electron chi connectivity index (χ3n) is 7.05. The van der Waals surface area contributed by atoms with E-state index < -0.39 is 17.5 Å². The van der Waals surface area contributed by atoms with Gasteiger partial charge in [-0.2, -0.15) is 5.10 Å². The molecule has 0 saturated carbocycles. The van der Waals surface area contributed by atoms with Crippen LogP contribution in [0.4, 0.5) is 14.5 Å². The summed E-state index contributed by atoms with van der Waals surface area (Å²) in [6.07, 6.45) is 3.89. The Balaban J connectivity index is 1.41. The van der Waals surface area contributed by atoms with Crippen molar-refractivity contribution in [3.05, 3.63) is 78.1 Å². The number of hydrogen-bond donors (Lipinski definition) is 2. The Labute approximate surface area is 212 Å². The van der Waals surface area contributed by atoms with Crippen LogP contribution in [0.1, 0.15) is 41.4 Å². The summed E-state index contributed by atoms with van der Waals surface area (Å²) in [5.74, 6) is -1.48. The van der Waals surface area contributed by atoms with Crippen molar-refractivity contribution in [2.24, 2.45) is 11.7 Å². The van der Waals surface area contributed by atoms with Crippen molar-refractivity contribution in [1.29, 1.82) is 0 Å². The van der Waals surface area contributed by atoms with E-state index in [0.29, 0.717) is 42.7 Å². The van der Waals surface area contributed by atoms with Crippen molar-refractivity contribution in [1.82, 2.24) is 14.7 Å². The Kier molecular flexibility index (Phi) is 6.64. The fourth-order valence-electron chi connectivity index (χ4n) is 5.22. The van der Waals surface area contributed by atoms with Crippen LogP contribution in [0.2, 0.25) is 0 Å². The van der Waals surface area contributed by atoms with Gasteiger partial charge in [0.25, 0.3) is 5.91 Å². The van der Waals surface area contributed by atoms with Crippen LogP contribution in [-0.4, -0.2) is 46.1 Å². The molecule has 1 unspecified atom stereocenters. The van der Waals surface area contributed by atoms with Crippen LogP contribution in [0.3, 0.4) is 0 Å². The molecule has 1 atom stereocenters. The Morgan fingerprint density at radius 3 is 2.49 bits per heavy atom. The third-order valence-corrected chi connectivity index (χ3v) is 7.05. The zero-order valence-corrected chi connectivity index (χ0v) is 20.1. The van der Waals surface area contributed by atoms with Crippen molar-refractivity contribution < 1.29 is 23.1 Å². The predicted molar refractivity (Wildman–Crippen MR) is 134 cm³/mol. The van der Waals surface area contributed by atoms with Crippen molar-refractivity contribution in [3.8, 4) is 17.2 Å². The lowest BCUT2D eigenvalue weighted by molar-refractivity contribution is -0.127. The number of primary amides is 1. The summed E-state index contributed by atoms with van der Waals surface area (Å²) in [6.45, 7) is 5.58. The second-order valence-electron chi connectivity index (χ2n) is 9.24. The van der Waals surface area contributed by atoms with Crippen molar-refractivity contribution in [2.45, 2.75) is 25.2 Å². The van der Waals surface area contributed by atoms with Crippen molar-refractivity contribution >= 4 is 17.5 Å². The van der Waals surface area contributed by atoms with E-state index in [1.54, 1.807) is 29.2 Å². The number of anilines is 1. The largest absolute Gasteiger partial charge is 0.454 e. The molecule has 2 aliphatic rings. The van der Waals surface area contributed by atoms with E-state index in [4.69, 9.17) is 15.6 Å². The molecule has 2 amide bonds. The first-order chi connectivity index (χ1) is 17.9. The highest BCUT2D eigenvalue weighted by atomic mass is 19.1. The number of likely N-dealkylation sites (tertiary alicyclic amines) is 1. The molecule has 37 heavy (non-hydrogen) atoms. The number of ether oxygens (including phenoxy) is 1. The topological polar surface area (TPSA) is 102 Å². The SMILES string of the molecule is C=CC(=O)N1CCC(C2CCNc3c2nn(-c2ccc(Oc4ccc(F)cc4F)cc2)c3C(N)=O)CC1. The Bertz CT molecular complexity index is 1350. The molecule has 1 fully saturated rings. The maximum absolute atomic E-state index is 14.0. The number of carbonyl (C=O) groups excluding carboxylic acids is 2. The van der Waals surface area contributed by atoms with Gasteiger partial charge < -0.3 is 20.7 Å². The first kappa shape index (κ1) is 24.5. The normalized spacial score (nSPS) is 17.6. The van der Waals surface area contributed by atoms with Gasteiger partial charge in [-0.05, 0) is 67.7 Å². The predicted octanol–water partition coefficient (Wildman–Crippen LogP) is 4.37. The lowest BCUT2D eigenvalue weighted by Gasteiger charge is -2.37. The standard InChI is InChI=1S/C27H27F2N5O3/c1-2-23(35)33-13-10-16(11-14-33)20-9-12-31-25-24(20)32-34(26(25)27(30)36)18-4-6-19(7-5-18)37-22-8-3-17(28)15-21(22)29/h2-8,15-16,20,31H,1,9-14H2,(H2,30,36). The summed E-state index contributed by atoms with van der Waals surface area (Å²) >= 11 is 0. The molecule has 192 valence electrons. The maximum Gasteiger partial charge on any atom is 0.269 e. The fraction of sp³-hybridized carbons (Fsp3) is 0.296. The average molecular weight is 508 g/mol. The van der Waals surface area contributed by atoms with E-state index in [1.165, 1.54) is 16.8 Å². The molecule has 0 spiro atoms. The van der Waals surface area contributed by atoms with Gasteiger partial charge >= 0.3 is 0 Å². The fourth-order valence-corrected chi connectivity index (χ4v) is 5.22. The number of fused-ring (bicyclic) bond motifs is 1. The van der Waals surface area contributed by atoms with Gasteiger partial charge in [-0.1, -0.05) is 6.58 Å². The zero-order chi connectivity index (χ0) is 26.1.